The second kappa shape index (κ2) is 8.67. The Bertz CT molecular complexity index is 688. The number of amides is 2. The Morgan fingerprint density at radius 2 is 1.62 bits per heavy atom. The van der Waals surface area contributed by atoms with Gasteiger partial charge in [-0.1, -0.05) is 12.1 Å². The van der Waals surface area contributed by atoms with Crippen molar-refractivity contribution in [2.75, 3.05) is 31.0 Å². The summed E-state index contributed by atoms with van der Waals surface area (Å²) in [5.41, 5.74) is 1.12. The highest BCUT2D eigenvalue weighted by Gasteiger charge is 2.11. The van der Waals surface area contributed by atoms with Gasteiger partial charge in [0.1, 0.15) is 17.2 Å². The highest BCUT2D eigenvalue weighted by Crippen LogP contribution is 2.30. The number of carbonyl (C=O) groups is 1. The van der Waals surface area contributed by atoms with E-state index in [0.717, 1.165) is 0 Å². The molecule has 0 aliphatic carbocycles. The first-order chi connectivity index (χ1) is 11.7. The minimum atomic E-state index is -0.394. The molecule has 2 aromatic rings. The van der Waals surface area contributed by atoms with Gasteiger partial charge in [-0.3, -0.25) is 0 Å². The molecule has 0 bridgehead atoms. The normalized spacial score (nSPS) is 9.96. The van der Waals surface area contributed by atoms with E-state index in [1.807, 2.05) is 26.0 Å². The topological polar surface area (TPSA) is 68.8 Å². The van der Waals surface area contributed by atoms with Crippen molar-refractivity contribution in [3.05, 3.63) is 42.5 Å². The Hall–Kier alpha value is -2.89. The molecule has 6 nitrogen and oxygen atoms in total. The molecule has 6 heteroatoms. The molecule has 0 fully saturated rings. The number of hydrogen-bond acceptors (Lipinski definition) is 4. The molecule has 2 aromatic carbocycles. The maximum atomic E-state index is 12.3. The van der Waals surface area contributed by atoms with Crippen molar-refractivity contribution >= 4 is 17.4 Å². The summed E-state index contributed by atoms with van der Waals surface area (Å²) in [6, 6.07) is 12.1. The van der Waals surface area contributed by atoms with Gasteiger partial charge in [0.2, 0.25) is 0 Å². The van der Waals surface area contributed by atoms with Crippen LogP contribution in [0.25, 0.3) is 0 Å². The Balaban J connectivity index is 2.16. The summed E-state index contributed by atoms with van der Waals surface area (Å²) in [6.45, 7) is 4.82. The van der Waals surface area contributed by atoms with Gasteiger partial charge in [-0.15, -0.1) is 0 Å². The van der Waals surface area contributed by atoms with Gasteiger partial charge >= 0.3 is 6.03 Å². The average molecular weight is 330 g/mol. The zero-order valence-electron chi connectivity index (χ0n) is 14.1. The number of ether oxygens (including phenoxy) is 3. The number of anilines is 2. The quantitative estimate of drug-likeness (QED) is 0.800. The number of nitrogens with one attached hydrogen (secondary N) is 2. The second-order valence-corrected chi connectivity index (χ2v) is 4.80. The average Bonchev–Trinajstić information content (AvgIpc) is 2.58. The molecule has 0 saturated heterocycles. The number of benzene rings is 2. The molecule has 2 N–H and O–H groups in total. The molecule has 24 heavy (non-hydrogen) atoms. The predicted molar refractivity (Wildman–Crippen MR) is 94.4 cm³/mol. The van der Waals surface area contributed by atoms with Gasteiger partial charge in [-0.2, -0.15) is 0 Å². The number of urea groups is 1. The van der Waals surface area contributed by atoms with Crippen LogP contribution in [0.3, 0.4) is 0 Å². The van der Waals surface area contributed by atoms with Gasteiger partial charge in [0.25, 0.3) is 0 Å². The number of rotatable bonds is 7. The lowest BCUT2D eigenvalue weighted by Crippen LogP contribution is -2.20. The number of methoxy groups -OCH3 is 1. The Morgan fingerprint density at radius 3 is 2.33 bits per heavy atom. The first-order valence-corrected chi connectivity index (χ1v) is 7.78. The van der Waals surface area contributed by atoms with Crippen molar-refractivity contribution in [3.63, 3.8) is 0 Å². The van der Waals surface area contributed by atoms with Crippen molar-refractivity contribution in [1.29, 1.82) is 0 Å². The van der Waals surface area contributed by atoms with Crippen LogP contribution >= 0.6 is 0 Å². The highest BCUT2D eigenvalue weighted by atomic mass is 16.5. The van der Waals surface area contributed by atoms with Crippen molar-refractivity contribution in [3.8, 4) is 17.2 Å². The summed E-state index contributed by atoms with van der Waals surface area (Å²) in [5, 5.41) is 5.54. The first kappa shape index (κ1) is 17.5. The van der Waals surface area contributed by atoms with Crippen molar-refractivity contribution < 1.29 is 19.0 Å². The van der Waals surface area contributed by atoms with Gasteiger partial charge in [0.15, 0.2) is 0 Å². The van der Waals surface area contributed by atoms with Crippen LogP contribution in [0.5, 0.6) is 17.2 Å². The Morgan fingerprint density at radius 1 is 0.917 bits per heavy atom. The third-order valence-corrected chi connectivity index (χ3v) is 3.17. The van der Waals surface area contributed by atoms with Crippen LogP contribution in [0.4, 0.5) is 16.2 Å². The van der Waals surface area contributed by atoms with Gasteiger partial charge in [-0.25, -0.2) is 4.79 Å². The molecule has 128 valence electrons. The molecule has 0 aliphatic heterocycles. The van der Waals surface area contributed by atoms with E-state index < -0.39 is 6.03 Å². The summed E-state index contributed by atoms with van der Waals surface area (Å²) >= 11 is 0. The van der Waals surface area contributed by atoms with E-state index in [4.69, 9.17) is 14.2 Å². The van der Waals surface area contributed by atoms with E-state index in [9.17, 15) is 4.79 Å². The summed E-state index contributed by atoms with van der Waals surface area (Å²) in [7, 11) is 1.55. The lowest BCUT2D eigenvalue weighted by molar-refractivity contribution is 0.261. The van der Waals surface area contributed by atoms with Crippen molar-refractivity contribution in [1.82, 2.24) is 0 Å². The van der Waals surface area contributed by atoms with Gasteiger partial charge in [0.05, 0.1) is 31.7 Å². The molecule has 0 saturated carbocycles. The fourth-order valence-electron chi connectivity index (χ4n) is 2.17. The maximum absolute atomic E-state index is 12.3. The number of para-hydroxylation sites is 2. The van der Waals surface area contributed by atoms with Gasteiger partial charge < -0.3 is 24.8 Å². The van der Waals surface area contributed by atoms with Crippen LogP contribution < -0.4 is 24.8 Å². The Kier molecular flexibility index (Phi) is 6.31. The van der Waals surface area contributed by atoms with E-state index in [-0.39, 0.29) is 0 Å². The zero-order valence-corrected chi connectivity index (χ0v) is 14.1. The molecule has 0 aliphatic rings. The molecule has 0 radical (unpaired) electrons. The molecule has 2 rings (SSSR count). The summed E-state index contributed by atoms with van der Waals surface area (Å²) in [5.74, 6) is 1.82. The fraction of sp³-hybridized carbons (Fsp3) is 0.278. The van der Waals surface area contributed by atoms with E-state index >= 15 is 0 Å². The molecule has 0 atom stereocenters. The SMILES string of the molecule is CCOc1ccc(OCC)c(NC(=O)Nc2ccccc2OC)c1. The third-order valence-electron chi connectivity index (χ3n) is 3.17. The number of hydrogen-bond donors (Lipinski definition) is 2. The van der Waals surface area contributed by atoms with Crippen LogP contribution in [0, 0.1) is 0 Å². The highest BCUT2D eigenvalue weighted by molar-refractivity contribution is 6.01. The van der Waals surface area contributed by atoms with E-state index in [2.05, 4.69) is 10.6 Å². The van der Waals surface area contributed by atoms with Crippen molar-refractivity contribution in [2.24, 2.45) is 0 Å². The van der Waals surface area contributed by atoms with Crippen LogP contribution in [0.2, 0.25) is 0 Å². The summed E-state index contributed by atoms with van der Waals surface area (Å²) in [4.78, 5) is 12.3. The summed E-state index contributed by atoms with van der Waals surface area (Å²) < 4.78 is 16.2. The summed E-state index contributed by atoms with van der Waals surface area (Å²) in [6.07, 6.45) is 0. The second-order valence-electron chi connectivity index (χ2n) is 4.80. The van der Waals surface area contributed by atoms with E-state index in [1.165, 1.54) is 0 Å². The van der Waals surface area contributed by atoms with E-state index in [0.29, 0.717) is 41.8 Å². The standard InChI is InChI=1S/C18H22N2O4/c1-4-23-13-10-11-17(24-5-2)15(12-13)20-18(21)19-14-8-6-7-9-16(14)22-3/h6-12H,4-5H2,1-3H3,(H2,19,20,21). The number of carbonyl (C=O) groups excluding carboxylic acids is 1. The lowest BCUT2D eigenvalue weighted by atomic mass is 10.2. The molecule has 2 amide bonds. The van der Waals surface area contributed by atoms with Crippen LogP contribution in [-0.4, -0.2) is 26.4 Å². The zero-order chi connectivity index (χ0) is 17.4. The molecule has 0 unspecified atom stereocenters. The molecule has 0 spiro atoms. The van der Waals surface area contributed by atoms with E-state index in [1.54, 1.807) is 37.4 Å². The third kappa shape index (κ3) is 4.55. The van der Waals surface area contributed by atoms with Crippen molar-refractivity contribution in [2.45, 2.75) is 13.8 Å². The van der Waals surface area contributed by atoms with Gasteiger partial charge in [-0.05, 0) is 38.1 Å². The minimum Gasteiger partial charge on any atom is -0.495 e. The Labute approximate surface area is 141 Å². The van der Waals surface area contributed by atoms with Crippen LogP contribution in [-0.2, 0) is 0 Å². The predicted octanol–water partition coefficient (Wildman–Crippen LogP) is 4.14. The largest absolute Gasteiger partial charge is 0.495 e. The monoisotopic (exact) mass is 330 g/mol. The maximum Gasteiger partial charge on any atom is 0.323 e. The van der Waals surface area contributed by atoms with Gasteiger partial charge in [0, 0.05) is 6.07 Å². The molecular formula is C18H22N2O4. The fourth-order valence-corrected chi connectivity index (χ4v) is 2.17. The molecule has 0 heterocycles. The lowest BCUT2D eigenvalue weighted by Gasteiger charge is -2.15. The van der Waals surface area contributed by atoms with Crippen LogP contribution in [0.1, 0.15) is 13.8 Å². The smallest absolute Gasteiger partial charge is 0.323 e. The van der Waals surface area contributed by atoms with Crippen LogP contribution in [0.15, 0.2) is 42.5 Å². The molecular weight excluding hydrogens is 308 g/mol. The first-order valence-electron chi connectivity index (χ1n) is 7.78. The molecule has 0 aromatic heterocycles. The minimum absolute atomic E-state index is 0.394.